The molecule has 21 heavy (non-hydrogen) atoms. The summed E-state index contributed by atoms with van der Waals surface area (Å²) in [6.07, 6.45) is 2.45. The Bertz CT molecular complexity index is 450. The third-order valence-electron chi connectivity index (χ3n) is 3.91. The van der Waals surface area contributed by atoms with Gasteiger partial charge in [0.05, 0.1) is 18.2 Å². The van der Waals surface area contributed by atoms with Gasteiger partial charge in [-0.25, -0.2) is 0 Å². The zero-order chi connectivity index (χ0) is 15.2. The van der Waals surface area contributed by atoms with Crippen LogP contribution in [0.3, 0.4) is 0 Å². The molecular formula is C17H26ClNO2. The first kappa shape index (κ1) is 16.6. The van der Waals surface area contributed by atoms with Gasteiger partial charge >= 0.3 is 0 Å². The van der Waals surface area contributed by atoms with Gasteiger partial charge in [-0.3, -0.25) is 0 Å². The molecule has 1 N–H and O–H groups in total. The number of hydrogen-bond donors (Lipinski definition) is 1. The van der Waals surface area contributed by atoms with Gasteiger partial charge in [0, 0.05) is 19.1 Å². The van der Waals surface area contributed by atoms with Gasteiger partial charge in [-0.15, -0.1) is 0 Å². The maximum absolute atomic E-state index is 6.25. The van der Waals surface area contributed by atoms with E-state index in [0.717, 1.165) is 31.7 Å². The van der Waals surface area contributed by atoms with E-state index in [1.54, 1.807) is 7.11 Å². The number of methoxy groups -OCH3 is 1. The largest absolute Gasteiger partial charge is 0.495 e. The first-order valence-electron chi connectivity index (χ1n) is 7.77. The Labute approximate surface area is 133 Å². The Balaban J connectivity index is 2.05. The first-order chi connectivity index (χ1) is 10.1. The molecule has 0 bridgehead atoms. The molecule has 1 aromatic carbocycles. The van der Waals surface area contributed by atoms with Gasteiger partial charge in [0.2, 0.25) is 0 Å². The maximum atomic E-state index is 6.25. The molecule has 1 fully saturated rings. The highest BCUT2D eigenvalue weighted by atomic mass is 35.5. The van der Waals surface area contributed by atoms with Crippen LogP contribution >= 0.6 is 11.6 Å². The van der Waals surface area contributed by atoms with Crippen LogP contribution in [-0.2, 0) is 4.74 Å². The quantitative estimate of drug-likeness (QED) is 0.859. The molecule has 0 aliphatic carbocycles. The minimum atomic E-state index is 0.127. The Morgan fingerprint density at radius 3 is 2.90 bits per heavy atom. The fourth-order valence-electron chi connectivity index (χ4n) is 2.84. The lowest BCUT2D eigenvalue weighted by atomic mass is 9.89. The summed E-state index contributed by atoms with van der Waals surface area (Å²) in [5.74, 6) is 1.89. The second-order valence-electron chi connectivity index (χ2n) is 6.14. The Hall–Kier alpha value is -0.770. The van der Waals surface area contributed by atoms with Crippen molar-refractivity contribution in [2.75, 3.05) is 26.8 Å². The van der Waals surface area contributed by atoms with E-state index in [2.05, 4.69) is 25.2 Å². The van der Waals surface area contributed by atoms with E-state index in [1.807, 2.05) is 12.1 Å². The summed E-state index contributed by atoms with van der Waals surface area (Å²) in [6, 6.07) is 5.97. The number of benzene rings is 1. The van der Waals surface area contributed by atoms with Crippen LogP contribution in [0.5, 0.6) is 5.75 Å². The maximum Gasteiger partial charge on any atom is 0.137 e. The van der Waals surface area contributed by atoms with Crippen molar-refractivity contribution in [1.82, 2.24) is 5.32 Å². The van der Waals surface area contributed by atoms with Gasteiger partial charge in [-0.2, -0.15) is 0 Å². The summed E-state index contributed by atoms with van der Waals surface area (Å²) < 4.78 is 11.2. The van der Waals surface area contributed by atoms with E-state index < -0.39 is 0 Å². The van der Waals surface area contributed by atoms with Crippen molar-refractivity contribution >= 4 is 11.6 Å². The molecule has 2 atom stereocenters. The molecule has 1 heterocycles. The third kappa shape index (κ3) is 4.60. The summed E-state index contributed by atoms with van der Waals surface area (Å²) in [4.78, 5) is 0. The molecule has 1 aliphatic heterocycles. The fourth-order valence-corrected chi connectivity index (χ4v) is 3.10. The van der Waals surface area contributed by atoms with Gasteiger partial charge in [0.15, 0.2) is 0 Å². The molecule has 118 valence electrons. The van der Waals surface area contributed by atoms with Crippen LogP contribution in [0.25, 0.3) is 0 Å². The molecule has 1 aromatic rings. The average Bonchev–Trinajstić information content (AvgIpc) is 2.47. The number of rotatable bonds is 6. The molecule has 0 radical (unpaired) electrons. The molecule has 1 saturated heterocycles. The van der Waals surface area contributed by atoms with Crippen molar-refractivity contribution in [3.05, 3.63) is 28.8 Å². The fraction of sp³-hybridized carbons (Fsp3) is 0.647. The van der Waals surface area contributed by atoms with Crippen LogP contribution < -0.4 is 10.1 Å². The van der Waals surface area contributed by atoms with Crippen LogP contribution in [0.2, 0.25) is 5.02 Å². The molecule has 2 rings (SSSR count). The third-order valence-corrected chi connectivity index (χ3v) is 4.20. The molecular weight excluding hydrogens is 286 g/mol. The standard InChI is InChI=1S/C17H26ClNO2/c1-12(2)10-19-11-14-5-4-8-21-17(14)13-6-7-16(20-3)15(18)9-13/h6-7,9,12,14,17,19H,4-5,8,10-11H2,1-3H3. The molecule has 1 aliphatic rings. The predicted octanol–water partition coefficient (Wildman–Crippen LogP) is 4.06. The molecule has 2 unspecified atom stereocenters. The highest BCUT2D eigenvalue weighted by molar-refractivity contribution is 6.32. The van der Waals surface area contributed by atoms with Gasteiger partial charge in [0.1, 0.15) is 5.75 Å². The van der Waals surface area contributed by atoms with E-state index in [1.165, 1.54) is 6.42 Å². The van der Waals surface area contributed by atoms with E-state index >= 15 is 0 Å². The van der Waals surface area contributed by atoms with E-state index in [4.69, 9.17) is 21.1 Å². The normalized spacial score (nSPS) is 22.5. The molecule has 0 aromatic heterocycles. The number of ether oxygens (including phenoxy) is 2. The molecule has 3 nitrogen and oxygen atoms in total. The second kappa shape index (κ2) is 8.02. The van der Waals surface area contributed by atoms with Gasteiger partial charge in [-0.05, 0) is 43.0 Å². The smallest absolute Gasteiger partial charge is 0.137 e. The molecule has 0 saturated carbocycles. The lowest BCUT2D eigenvalue weighted by Crippen LogP contribution is -2.33. The number of nitrogens with one attached hydrogen (secondary N) is 1. The highest BCUT2D eigenvalue weighted by Crippen LogP contribution is 2.36. The Morgan fingerprint density at radius 2 is 2.24 bits per heavy atom. The topological polar surface area (TPSA) is 30.5 Å². The van der Waals surface area contributed by atoms with Crippen molar-refractivity contribution in [3.8, 4) is 5.75 Å². The Morgan fingerprint density at radius 1 is 1.43 bits per heavy atom. The summed E-state index contributed by atoms with van der Waals surface area (Å²) in [5.41, 5.74) is 1.15. The SMILES string of the molecule is COc1ccc(C2OCCCC2CNCC(C)C)cc1Cl. The zero-order valence-electron chi connectivity index (χ0n) is 13.2. The van der Waals surface area contributed by atoms with E-state index in [0.29, 0.717) is 22.6 Å². The minimum absolute atomic E-state index is 0.127. The number of hydrogen-bond acceptors (Lipinski definition) is 3. The molecule has 4 heteroatoms. The molecule has 0 spiro atoms. The van der Waals surface area contributed by atoms with Gasteiger partial charge in [0.25, 0.3) is 0 Å². The lowest BCUT2D eigenvalue weighted by Gasteiger charge is -2.32. The second-order valence-corrected chi connectivity index (χ2v) is 6.55. The van der Waals surface area contributed by atoms with Gasteiger partial charge < -0.3 is 14.8 Å². The van der Waals surface area contributed by atoms with Crippen molar-refractivity contribution in [1.29, 1.82) is 0 Å². The van der Waals surface area contributed by atoms with Crippen LogP contribution in [-0.4, -0.2) is 26.8 Å². The van der Waals surface area contributed by atoms with Crippen molar-refractivity contribution in [2.45, 2.75) is 32.8 Å². The summed E-state index contributed by atoms with van der Waals surface area (Å²) in [7, 11) is 1.64. The van der Waals surface area contributed by atoms with Crippen LogP contribution in [0, 0.1) is 11.8 Å². The average molecular weight is 312 g/mol. The summed E-state index contributed by atoms with van der Waals surface area (Å²) in [6.45, 7) is 7.32. The van der Waals surface area contributed by atoms with Crippen LogP contribution in [0.1, 0.15) is 38.4 Å². The van der Waals surface area contributed by atoms with Crippen LogP contribution in [0.4, 0.5) is 0 Å². The predicted molar refractivity (Wildman–Crippen MR) is 87.1 cm³/mol. The first-order valence-corrected chi connectivity index (χ1v) is 8.15. The van der Waals surface area contributed by atoms with E-state index in [-0.39, 0.29) is 6.10 Å². The van der Waals surface area contributed by atoms with Gasteiger partial charge in [-0.1, -0.05) is 31.5 Å². The highest BCUT2D eigenvalue weighted by Gasteiger charge is 2.27. The molecule has 0 amide bonds. The zero-order valence-corrected chi connectivity index (χ0v) is 14.0. The van der Waals surface area contributed by atoms with E-state index in [9.17, 15) is 0 Å². The van der Waals surface area contributed by atoms with Crippen molar-refractivity contribution in [3.63, 3.8) is 0 Å². The number of halogens is 1. The van der Waals surface area contributed by atoms with Crippen LogP contribution in [0.15, 0.2) is 18.2 Å². The summed E-state index contributed by atoms with van der Waals surface area (Å²) >= 11 is 6.25. The minimum Gasteiger partial charge on any atom is -0.495 e. The van der Waals surface area contributed by atoms with Crippen molar-refractivity contribution in [2.24, 2.45) is 11.8 Å². The lowest BCUT2D eigenvalue weighted by molar-refractivity contribution is -0.0279. The summed E-state index contributed by atoms with van der Waals surface area (Å²) in [5, 5.41) is 4.20. The Kier molecular flexibility index (Phi) is 6.34. The monoisotopic (exact) mass is 311 g/mol. The van der Waals surface area contributed by atoms with Crippen molar-refractivity contribution < 1.29 is 9.47 Å².